The van der Waals surface area contributed by atoms with E-state index in [2.05, 4.69) is 15.1 Å². The van der Waals surface area contributed by atoms with E-state index in [0.29, 0.717) is 5.82 Å². The van der Waals surface area contributed by atoms with Crippen LogP contribution in [0.2, 0.25) is 10.0 Å². The number of aromatic nitrogens is 2. The first-order valence-corrected chi connectivity index (χ1v) is 10.8. The van der Waals surface area contributed by atoms with Crippen LogP contribution >= 0.6 is 23.2 Å². The minimum atomic E-state index is -4.01. The van der Waals surface area contributed by atoms with Gasteiger partial charge in [-0.05, 0) is 26.0 Å². The lowest BCUT2D eigenvalue weighted by atomic mass is 10.4. The van der Waals surface area contributed by atoms with Crippen molar-refractivity contribution in [1.29, 1.82) is 0 Å². The SMILES string of the molecule is CC(C)n1nccc1NC(=O)COC(=O)CCNS(=O)(=O)c1c(Cl)cccc1Cl. The van der Waals surface area contributed by atoms with Crippen LogP contribution in [0.4, 0.5) is 5.82 Å². The summed E-state index contributed by atoms with van der Waals surface area (Å²) in [4.78, 5) is 23.4. The van der Waals surface area contributed by atoms with Crippen LogP contribution in [0, 0.1) is 0 Å². The van der Waals surface area contributed by atoms with Crippen LogP contribution in [0.3, 0.4) is 0 Å². The Bertz CT molecular complexity index is 971. The quantitative estimate of drug-likeness (QED) is 0.552. The summed E-state index contributed by atoms with van der Waals surface area (Å²) in [7, 11) is -4.01. The van der Waals surface area contributed by atoms with Gasteiger partial charge in [-0.15, -0.1) is 0 Å². The number of sulfonamides is 1. The van der Waals surface area contributed by atoms with Gasteiger partial charge in [-0.3, -0.25) is 9.59 Å². The van der Waals surface area contributed by atoms with Crippen molar-refractivity contribution < 1.29 is 22.7 Å². The molecule has 0 radical (unpaired) electrons. The number of halogens is 2. The third kappa shape index (κ3) is 6.43. The lowest BCUT2D eigenvalue weighted by Gasteiger charge is -2.12. The van der Waals surface area contributed by atoms with Crippen molar-refractivity contribution in [3.05, 3.63) is 40.5 Å². The molecule has 0 unspecified atom stereocenters. The number of benzene rings is 1. The summed E-state index contributed by atoms with van der Waals surface area (Å²) in [5.74, 6) is -0.805. The molecule has 1 aromatic heterocycles. The van der Waals surface area contributed by atoms with Gasteiger partial charge in [0, 0.05) is 18.7 Å². The molecular weight excluding hydrogens is 443 g/mol. The Morgan fingerprint density at radius 3 is 2.48 bits per heavy atom. The van der Waals surface area contributed by atoms with Gasteiger partial charge in [0.25, 0.3) is 5.91 Å². The van der Waals surface area contributed by atoms with Gasteiger partial charge in [0.15, 0.2) is 6.61 Å². The molecule has 0 saturated heterocycles. The molecule has 1 amide bonds. The van der Waals surface area contributed by atoms with Crippen LogP contribution < -0.4 is 10.0 Å². The van der Waals surface area contributed by atoms with E-state index in [1.165, 1.54) is 18.2 Å². The first kappa shape index (κ1) is 23.1. The van der Waals surface area contributed by atoms with Crippen molar-refractivity contribution in [3.8, 4) is 0 Å². The molecule has 1 aromatic carbocycles. The van der Waals surface area contributed by atoms with Crippen molar-refractivity contribution in [2.45, 2.75) is 31.2 Å². The molecule has 29 heavy (non-hydrogen) atoms. The van der Waals surface area contributed by atoms with Crippen molar-refractivity contribution in [1.82, 2.24) is 14.5 Å². The summed E-state index contributed by atoms with van der Waals surface area (Å²) in [5.41, 5.74) is 0. The molecule has 0 aliphatic carbocycles. The van der Waals surface area contributed by atoms with Crippen molar-refractivity contribution >= 4 is 50.9 Å². The highest BCUT2D eigenvalue weighted by Gasteiger charge is 2.21. The molecule has 0 aliphatic heterocycles. The highest BCUT2D eigenvalue weighted by Crippen LogP contribution is 2.28. The van der Waals surface area contributed by atoms with Crippen LogP contribution in [0.5, 0.6) is 0 Å². The molecule has 0 bridgehead atoms. The van der Waals surface area contributed by atoms with Crippen LogP contribution in [0.25, 0.3) is 0 Å². The fourth-order valence-corrected chi connectivity index (χ4v) is 4.49. The van der Waals surface area contributed by atoms with Crippen LogP contribution in [-0.4, -0.2) is 43.2 Å². The van der Waals surface area contributed by atoms with Crippen molar-refractivity contribution in [2.24, 2.45) is 0 Å². The Kier molecular flexibility index (Phi) is 8.03. The van der Waals surface area contributed by atoms with Gasteiger partial charge in [0.1, 0.15) is 10.7 Å². The number of carbonyl (C=O) groups excluding carboxylic acids is 2. The molecule has 1 heterocycles. The molecule has 2 aromatic rings. The second-order valence-corrected chi connectivity index (χ2v) is 8.68. The van der Waals surface area contributed by atoms with E-state index in [0.717, 1.165) is 0 Å². The zero-order chi connectivity index (χ0) is 21.6. The normalized spacial score (nSPS) is 11.5. The summed E-state index contributed by atoms with van der Waals surface area (Å²) < 4.78 is 33.2. The Hall–Kier alpha value is -2.14. The molecule has 158 valence electrons. The van der Waals surface area contributed by atoms with E-state index >= 15 is 0 Å². The number of hydrogen-bond acceptors (Lipinski definition) is 6. The molecule has 0 aliphatic rings. The third-order valence-corrected chi connectivity index (χ3v) is 6.02. The number of ether oxygens (including phenoxy) is 1. The van der Waals surface area contributed by atoms with E-state index in [1.807, 2.05) is 13.8 Å². The van der Waals surface area contributed by atoms with Crippen LogP contribution in [-0.2, 0) is 24.3 Å². The molecule has 2 N–H and O–H groups in total. The lowest BCUT2D eigenvalue weighted by Crippen LogP contribution is -2.28. The molecule has 0 fully saturated rings. The predicted molar refractivity (Wildman–Crippen MR) is 108 cm³/mol. The van der Waals surface area contributed by atoms with E-state index in [-0.39, 0.29) is 33.9 Å². The second kappa shape index (κ2) is 10.1. The van der Waals surface area contributed by atoms with Gasteiger partial charge in [0.2, 0.25) is 10.0 Å². The Morgan fingerprint density at radius 2 is 1.86 bits per heavy atom. The minimum absolute atomic E-state index is 0.0371. The van der Waals surface area contributed by atoms with E-state index < -0.39 is 28.5 Å². The molecular formula is C17H20Cl2N4O5S. The van der Waals surface area contributed by atoms with Crippen molar-refractivity contribution in [3.63, 3.8) is 0 Å². The van der Waals surface area contributed by atoms with E-state index in [4.69, 9.17) is 27.9 Å². The Balaban J connectivity index is 1.80. The lowest BCUT2D eigenvalue weighted by molar-refractivity contribution is -0.147. The number of hydrogen-bond donors (Lipinski definition) is 2. The Labute approximate surface area is 178 Å². The molecule has 0 atom stereocenters. The summed E-state index contributed by atoms with van der Waals surface area (Å²) in [6.45, 7) is 3.05. The van der Waals surface area contributed by atoms with Gasteiger partial charge in [-0.2, -0.15) is 5.10 Å². The Morgan fingerprint density at radius 1 is 1.21 bits per heavy atom. The van der Waals surface area contributed by atoms with E-state index in [9.17, 15) is 18.0 Å². The summed E-state index contributed by atoms with van der Waals surface area (Å²) in [6.07, 6.45) is 1.26. The molecule has 0 saturated carbocycles. The summed E-state index contributed by atoms with van der Waals surface area (Å²) in [6, 6.07) is 5.96. The number of esters is 1. The number of nitrogens with one attached hydrogen (secondary N) is 2. The highest BCUT2D eigenvalue weighted by molar-refractivity contribution is 7.89. The summed E-state index contributed by atoms with van der Waals surface area (Å²) in [5, 5.41) is 6.59. The maximum Gasteiger partial charge on any atom is 0.307 e. The minimum Gasteiger partial charge on any atom is -0.456 e. The van der Waals surface area contributed by atoms with Gasteiger partial charge < -0.3 is 10.1 Å². The fourth-order valence-electron chi connectivity index (χ4n) is 2.32. The van der Waals surface area contributed by atoms with Gasteiger partial charge in [-0.1, -0.05) is 29.3 Å². The first-order valence-electron chi connectivity index (χ1n) is 8.54. The standard InChI is InChI=1S/C17H20Cl2N4O5S/c1-11(2)23-14(6-8-20-23)22-15(24)10-28-16(25)7-9-21-29(26,27)17-12(18)4-3-5-13(17)19/h3-6,8,11,21H,7,9-10H2,1-2H3,(H,22,24). The average molecular weight is 463 g/mol. The third-order valence-electron chi connectivity index (χ3n) is 3.60. The number of anilines is 1. The molecule has 12 heteroatoms. The maximum atomic E-state index is 12.3. The number of nitrogens with zero attached hydrogens (tertiary/aromatic N) is 2. The zero-order valence-electron chi connectivity index (χ0n) is 15.7. The fraction of sp³-hybridized carbons (Fsp3) is 0.353. The van der Waals surface area contributed by atoms with Gasteiger partial charge in [0.05, 0.1) is 22.7 Å². The first-order chi connectivity index (χ1) is 13.6. The smallest absolute Gasteiger partial charge is 0.307 e. The number of amides is 1. The predicted octanol–water partition coefficient (Wildman–Crippen LogP) is 2.62. The number of rotatable bonds is 9. The maximum absolute atomic E-state index is 12.3. The van der Waals surface area contributed by atoms with Gasteiger partial charge in [-0.25, -0.2) is 17.8 Å². The van der Waals surface area contributed by atoms with E-state index in [1.54, 1.807) is 16.9 Å². The number of carbonyl (C=O) groups is 2. The van der Waals surface area contributed by atoms with Crippen LogP contribution in [0.1, 0.15) is 26.3 Å². The highest BCUT2D eigenvalue weighted by atomic mass is 35.5. The average Bonchev–Trinajstić information content (AvgIpc) is 3.07. The topological polar surface area (TPSA) is 119 Å². The largest absolute Gasteiger partial charge is 0.456 e. The zero-order valence-corrected chi connectivity index (χ0v) is 18.0. The van der Waals surface area contributed by atoms with Crippen LogP contribution in [0.15, 0.2) is 35.4 Å². The summed E-state index contributed by atoms with van der Waals surface area (Å²) >= 11 is 11.8. The van der Waals surface area contributed by atoms with Crippen molar-refractivity contribution in [2.75, 3.05) is 18.5 Å². The monoisotopic (exact) mass is 462 g/mol. The molecule has 0 spiro atoms. The second-order valence-electron chi connectivity index (χ2n) is 6.16. The molecule has 9 nitrogen and oxygen atoms in total. The molecule has 2 rings (SSSR count). The van der Waals surface area contributed by atoms with Gasteiger partial charge >= 0.3 is 5.97 Å².